The fourth-order valence-electron chi connectivity index (χ4n) is 4.05. The fourth-order valence-corrected chi connectivity index (χ4v) is 4.05. The lowest BCUT2D eigenvalue weighted by molar-refractivity contribution is -0.0716. The van der Waals surface area contributed by atoms with Crippen molar-refractivity contribution < 1.29 is 10.2 Å². The molecule has 3 aliphatic rings. The second-order valence-electron chi connectivity index (χ2n) is 7.17. The maximum Gasteiger partial charge on any atom is 0.176 e. The lowest BCUT2D eigenvalue weighted by atomic mass is 9.75. The van der Waals surface area contributed by atoms with E-state index in [1.807, 2.05) is 60.7 Å². The Kier molecular flexibility index (Phi) is 4.13. The predicted molar refractivity (Wildman–Crippen MR) is 97.8 cm³/mol. The SMILES string of the molecule is OC(C#C[C@@]1(O)CN2CCC1CC2)(c1ccccc1)c1ccccc1. The number of piperidine rings is 3. The van der Waals surface area contributed by atoms with E-state index in [-0.39, 0.29) is 5.92 Å². The molecule has 128 valence electrons. The number of fused-ring (bicyclic) bond motifs is 3. The average molecular weight is 333 g/mol. The van der Waals surface area contributed by atoms with Gasteiger partial charge in [-0.05, 0) is 25.9 Å². The summed E-state index contributed by atoms with van der Waals surface area (Å²) in [4.78, 5) is 2.26. The minimum Gasteiger partial charge on any atom is -0.376 e. The van der Waals surface area contributed by atoms with Crippen LogP contribution < -0.4 is 0 Å². The van der Waals surface area contributed by atoms with E-state index in [0.29, 0.717) is 6.54 Å². The third kappa shape index (κ3) is 2.98. The summed E-state index contributed by atoms with van der Waals surface area (Å²) >= 11 is 0. The third-order valence-corrected chi connectivity index (χ3v) is 5.57. The van der Waals surface area contributed by atoms with Gasteiger partial charge in [0.1, 0.15) is 5.60 Å². The van der Waals surface area contributed by atoms with E-state index in [9.17, 15) is 10.2 Å². The molecule has 0 aliphatic carbocycles. The van der Waals surface area contributed by atoms with E-state index in [1.165, 1.54) is 0 Å². The molecule has 0 aromatic heterocycles. The third-order valence-electron chi connectivity index (χ3n) is 5.57. The molecule has 5 rings (SSSR count). The molecule has 2 N–H and O–H groups in total. The van der Waals surface area contributed by atoms with Gasteiger partial charge in [-0.1, -0.05) is 72.5 Å². The molecule has 3 fully saturated rings. The Morgan fingerprint density at radius 2 is 1.44 bits per heavy atom. The number of benzene rings is 2. The lowest BCUT2D eigenvalue weighted by Crippen LogP contribution is -2.58. The molecular weight excluding hydrogens is 310 g/mol. The van der Waals surface area contributed by atoms with Crippen LogP contribution in [0.3, 0.4) is 0 Å². The molecule has 3 saturated heterocycles. The second-order valence-corrected chi connectivity index (χ2v) is 7.17. The summed E-state index contributed by atoms with van der Waals surface area (Å²) in [5.41, 5.74) is -1.02. The first kappa shape index (κ1) is 16.4. The lowest BCUT2D eigenvalue weighted by Gasteiger charge is -2.48. The Morgan fingerprint density at radius 3 is 1.88 bits per heavy atom. The largest absolute Gasteiger partial charge is 0.376 e. The number of nitrogens with zero attached hydrogens (tertiary/aromatic N) is 1. The predicted octanol–water partition coefficient (Wildman–Crippen LogP) is 2.38. The summed E-state index contributed by atoms with van der Waals surface area (Å²) < 4.78 is 0. The van der Waals surface area contributed by atoms with Crippen LogP contribution in [0.25, 0.3) is 0 Å². The minimum absolute atomic E-state index is 0.195. The average Bonchev–Trinajstić information content (AvgIpc) is 2.68. The molecule has 0 radical (unpaired) electrons. The van der Waals surface area contributed by atoms with Crippen LogP contribution in [0.4, 0.5) is 0 Å². The van der Waals surface area contributed by atoms with Crippen LogP contribution in [0.5, 0.6) is 0 Å². The van der Waals surface area contributed by atoms with Gasteiger partial charge in [-0.3, -0.25) is 4.90 Å². The number of rotatable bonds is 2. The molecule has 25 heavy (non-hydrogen) atoms. The fraction of sp³-hybridized carbons (Fsp3) is 0.364. The van der Waals surface area contributed by atoms with Gasteiger partial charge in [0.15, 0.2) is 5.60 Å². The maximum atomic E-state index is 11.5. The Morgan fingerprint density at radius 1 is 0.920 bits per heavy atom. The summed E-state index contributed by atoms with van der Waals surface area (Å²) in [6, 6.07) is 18.9. The van der Waals surface area contributed by atoms with E-state index >= 15 is 0 Å². The summed E-state index contributed by atoms with van der Waals surface area (Å²) in [7, 11) is 0. The first-order valence-electron chi connectivity index (χ1n) is 8.93. The number of hydrogen-bond acceptors (Lipinski definition) is 3. The van der Waals surface area contributed by atoms with Crippen molar-refractivity contribution in [2.45, 2.75) is 24.0 Å². The van der Waals surface area contributed by atoms with Crippen LogP contribution in [-0.2, 0) is 5.60 Å². The monoisotopic (exact) mass is 333 g/mol. The Balaban J connectivity index is 1.76. The van der Waals surface area contributed by atoms with Gasteiger partial charge in [0, 0.05) is 23.6 Å². The van der Waals surface area contributed by atoms with Crippen molar-refractivity contribution in [2.24, 2.45) is 5.92 Å². The Bertz CT molecular complexity index is 746. The molecule has 0 amide bonds. The van der Waals surface area contributed by atoms with Gasteiger partial charge in [-0.15, -0.1) is 0 Å². The van der Waals surface area contributed by atoms with Gasteiger partial charge in [0.05, 0.1) is 0 Å². The topological polar surface area (TPSA) is 43.7 Å². The van der Waals surface area contributed by atoms with Crippen molar-refractivity contribution in [3.8, 4) is 11.8 Å². The summed E-state index contributed by atoms with van der Waals surface area (Å²) in [5, 5.41) is 22.6. The molecule has 2 aromatic carbocycles. The first-order chi connectivity index (χ1) is 12.1. The van der Waals surface area contributed by atoms with E-state index in [4.69, 9.17) is 0 Å². The zero-order chi connectivity index (χ0) is 17.3. The molecule has 3 heteroatoms. The zero-order valence-electron chi connectivity index (χ0n) is 14.2. The van der Waals surface area contributed by atoms with E-state index in [0.717, 1.165) is 37.1 Å². The van der Waals surface area contributed by atoms with Crippen molar-refractivity contribution in [3.05, 3.63) is 71.8 Å². The highest BCUT2D eigenvalue weighted by Gasteiger charge is 2.44. The van der Waals surface area contributed by atoms with E-state index < -0.39 is 11.2 Å². The normalized spacial score (nSPS) is 28.2. The van der Waals surface area contributed by atoms with Crippen molar-refractivity contribution in [3.63, 3.8) is 0 Å². The van der Waals surface area contributed by atoms with Gasteiger partial charge >= 0.3 is 0 Å². The van der Waals surface area contributed by atoms with Crippen LogP contribution in [-0.4, -0.2) is 40.3 Å². The van der Waals surface area contributed by atoms with Crippen molar-refractivity contribution in [1.82, 2.24) is 4.90 Å². The second kappa shape index (κ2) is 6.31. The van der Waals surface area contributed by atoms with Gasteiger partial charge in [0.2, 0.25) is 0 Å². The maximum absolute atomic E-state index is 11.5. The van der Waals surface area contributed by atoms with Crippen molar-refractivity contribution in [2.75, 3.05) is 19.6 Å². The quantitative estimate of drug-likeness (QED) is 0.830. The number of aliphatic hydroxyl groups is 2. The highest BCUT2D eigenvalue weighted by Crippen LogP contribution is 2.36. The molecule has 3 heterocycles. The van der Waals surface area contributed by atoms with Gasteiger partial charge in [-0.25, -0.2) is 0 Å². The van der Waals surface area contributed by atoms with Crippen LogP contribution in [0.15, 0.2) is 60.7 Å². The summed E-state index contributed by atoms with van der Waals surface area (Å²) in [6.45, 7) is 2.65. The number of hydrogen-bond donors (Lipinski definition) is 2. The molecule has 1 atom stereocenters. The van der Waals surface area contributed by atoms with Crippen LogP contribution in [0.1, 0.15) is 24.0 Å². The molecule has 2 bridgehead atoms. The highest BCUT2D eigenvalue weighted by molar-refractivity contribution is 5.45. The standard InChI is InChI=1S/C22H23NO2/c24-21(17-23-15-11-18(21)12-16-23)13-14-22(25,19-7-3-1-4-8-19)20-9-5-2-6-10-20/h1-10,18,24-25H,11-12,15-17H2/t21-/m1/s1. The van der Waals surface area contributed by atoms with Gasteiger partial charge < -0.3 is 10.2 Å². The van der Waals surface area contributed by atoms with Gasteiger partial charge in [-0.2, -0.15) is 0 Å². The van der Waals surface area contributed by atoms with Crippen molar-refractivity contribution >= 4 is 0 Å². The zero-order valence-corrected chi connectivity index (χ0v) is 14.2. The summed E-state index contributed by atoms with van der Waals surface area (Å²) in [5.74, 6) is 6.33. The molecule has 2 aromatic rings. The smallest absolute Gasteiger partial charge is 0.176 e. The van der Waals surface area contributed by atoms with Crippen molar-refractivity contribution in [1.29, 1.82) is 0 Å². The van der Waals surface area contributed by atoms with Crippen LogP contribution in [0.2, 0.25) is 0 Å². The molecular formula is C22H23NO2. The molecule has 0 spiro atoms. The molecule has 3 nitrogen and oxygen atoms in total. The molecule has 0 saturated carbocycles. The van der Waals surface area contributed by atoms with E-state index in [2.05, 4.69) is 16.7 Å². The van der Waals surface area contributed by atoms with Crippen LogP contribution in [0, 0.1) is 17.8 Å². The molecule has 3 aliphatic heterocycles. The first-order valence-corrected chi connectivity index (χ1v) is 8.93. The molecule has 0 unspecified atom stereocenters. The summed E-state index contributed by atoms with van der Waals surface area (Å²) in [6.07, 6.45) is 1.95. The van der Waals surface area contributed by atoms with Crippen LogP contribution >= 0.6 is 0 Å². The Hall–Kier alpha value is -2.12. The van der Waals surface area contributed by atoms with Gasteiger partial charge in [0.25, 0.3) is 0 Å². The Labute approximate surface area is 148 Å². The highest BCUT2D eigenvalue weighted by atomic mass is 16.3. The van der Waals surface area contributed by atoms with E-state index in [1.54, 1.807) is 0 Å². The minimum atomic E-state index is -1.43.